The van der Waals surface area contributed by atoms with Crippen LogP contribution in [0.15, 0.2) is 71.6 Å². The predicted octanol–water partition coefficient (Wildman–Crippen LogP) is 5.18. The highest BCUT2D eigenvalue weighted by Crippen LogP contribution is 2.41. The fraction of sp³-hybridized carbons (Fsp3) is 0.345. The molecule has 196 valence electrons. The first-order valence-corrected chi connectivity index (χ1v) is 13.8. The minimum atomic E-state index is -4.00. The normalized spacial score (nSPS) is 16.3. The predicted molar refractivity (Wildman–Crippen MR) is 145 cm³/mol. The van der Waals surface area contributed by atoms with E-state index in [9.17, 15) is 13.2 Å². The van der Waals surface area contributed by atoms with E-state index in [0.29, 0.717) is 30.0 Å². The van der Waals surface area contributed by atoms with E-state index >= 15 is 0 Å². The Balaban J connectivity index is 1.68. The molecule has 1 aliphatic heterocycles. The number of nitrogens with one attached hydrogen (secondary N) is 1. The number of carbonyl (C=O) groups excluding carboxylic acids is 1. The second kappa shape index (κ2) is 10.5. The van der Waals surface area contributed by atoms with Gasteiger partial charge in [0.25, 0.3) is 10.0 Å². The van der Waals surface area contributed by atoms with E-state index in [1.807, 2.05) is 52.0 Å². The molecule has 0 saturated heterocycles. The lowest BCUT2D eigenvalue weighted by Gasteiger charge is -2.38. The minimum absolute atomic E-state index is 0.140. The van der Waals surface area contributed by atoms with Crippen LogP contribution >= 0.6 is 0 Å². The van der Waals surface area contributed by atoms with Gasteiger partial charge in [-0.3, -0.25) is 9.10 Å². The zero-order valence-electron chi connectivity index (χ0n) is 21.9. The molecular formula is C29H34N2O5S. The van der Waals surface area contributed by atoms with E-state index in [2.05, 4.69) is 5.32 Å². The molecule has 1 aliphatic rings. The summed E-state index contributed by atoms with van der Waals surface area (Å²) in [7, 11) is -2.41. The smallest absolute Gasteiger partial charge is 0.264 e. The molecular weight excluding hydrogens is 488 g/mol. The number of sulfonamides is 1. The second-order valence-corrected chi connectivity index (χ2v) is 11.8. The summed E-state index contributed by atoms with van der Waals surface area (Å²) in [6.07, 6.45) is 1.16. The second-order valence-electron chi connectivity index (χ2n) is 9.90. The van der Waals surface area contributed by atoms with Crippen LogP contribution in [0.2, 0.25) is 0 Å². The van der Waals surface area contributed by atoms with Crippen LogP contribution in [0.3, 0.4) is 0 Å². The van der Waals surface area contributed by atoms with Crippen molar-refractivity contribution in [2.45, 2.75) is 57.1 Å². The zero-order chi connectivity index (χ0) is 26.8. The molecule has 4 rings (SSSR count). The molecule has 0 aromatic heterocycles. The molecule has 1 unspecified atom stereocenters. The molecule has 0 bridgehead atoms. The van der Waals surface area contributed by atoms with Gasteiger partial charge in [0.2, 0.25) is 5.91 Å². The van der Waals surface area contributed by atoms with Gasteiger partial charge in [-0.2, -0.15) is 0 Å². The van der Waals surface area contributed by atoms with Crippen LogP contribution in [0.1, 0.15) is 49.9 Å². The van der Waals surface area contributed by atoms with Gasteiger partial charge >= 0.3 is 0 Å². The van der Waals surface area contributed by atoms with Gasteiger partial charge in [-0.05, 0) is 63.1 Å². The maximum Gasteiger partial charge on any atom is 0.264 e. The van der Waals surface area contributed by atoms with Crippen LogP contribution in [0.25, 0.3) is 0 Å². The Morgan fingerprint density at radius 1 is 1.11 bits per heavy atom. The molecule has 0 fully saturated rings. The quantitative estimate of drug-likeness (QED) is 0.441. The summed E-state index contributed by atoms with van der Waals surface area (Å²) in [6, 6.07) is 19.1. The Kier molecular flexibility index (Phi) is 7.50. The van der Waals surface area contributed by atoms with Crippen molar-refractivity contribution in [1.82, 2.24) is 5.32 Å². The summed E-state index contributed by atoms with van der Waals surface area (Å²) in [5.74, 6) is 0.903. The lowest BCUT2D eigenvalue weighted by Crippen LogP contribution is -2.45. The van der Waals surface area contributed by atoms with Crippen LogP contribution in [0, 0.1) is 6.92 Å². The summed E-state index contributed by atoms with van der Waals surface area (Å²) in [6.45, 7) is 7.43. The Hall–Kier alpha value is -3.52. The Labute approximate surface area is 219 Å². The first-order valence-electron chi connectivity index (χ1n) is 12.4. The molecule has 7 nitrogen and oxygen atoms in total. The van der Waals surface area contributed by atoms with Crippen molar-refractivity contribution in [3.8, 4) is 11.5 Å². The van der Waals surface area contributed by atoms with Crippen LogP contribution in [0.5, 0.6) is 11.5 Å². The van der Waals surface area contributed by atoms with E-state index in [-0.39, 0.29) is 17.5 Å². The number of anilines is 1. The molecule has 1 N–H and O–H groups in total. The lowest BCUT2D eigenvalue weighted by molar-refractivity contribution is -0.120. The summed E-state index contributed by atoms with van der Waals surface area (Å²) >= 11 is 0. The van der Waals surface area contributed by atoms with Crippen molar-refractivity contribution in [2.24, 2.45) is 0 Å². The number of rotatable bonds is 8. The standard InChI is InChI=1S/C29H34N2O5S/c1-6-21-9-7-8-10-26(21)31(37(33,34)23-14-11-20(2)12-15-23)19-28(32)30-25-18-29(3,4)36-27-17-22(35-5)13-16-24(25)27/h7-17,25H,6,18-19H2,1-5H3,(H,30,32). The number of hydrogen-bond acceptors (Lipinski definition) is 5. The first kappa shape index (κ1) is 26.5. The van der Waals surface area contributed by atoms with Crippen molar-refractivity contribution < 1.29 is 22.7 Å². The van der Waals surface area contributed by atoms with Crippen molar-refractivity contribution in [3.63, 3.8) is 0 Å². The number of benzene rings is 3. The molecule has 3 aromatic carbocycles. The maximum absolute atomic E-state index is 13.8. The monoisotopic (exact) mass is 522 g/mol. The molecule has 37 heavy (non-hydrogen) atoms. The van der Waals surface area contributed by atoms with Gasteiger partial charge in [-0.25, -0.2) is 8.42 Å². The molecule has 0 radical (unpaired) electrons. The van der Waals surface area contributed by atoms with Crippen LogP contribution < -0.4 is 19.1 Å². The third-order valence-electron chi connectivity index (χ3n) is 6.55. The fourth-order valence-electron chi connectivity index (χ4n) is 4.65. The maximum atomic E-state index is 13.8. The largest absolute Gasteiger partial charge is 0.497 e. The van der Waals surface area contributed by atoms with Crippen molar-refractivity contribution in [1.29, 1.82) is 0 Å². The van der Waals surface area contributed by atoms with Gasteiger partial charge in [0.1, 0.15) is 23.6 Å². The molecule has 1 atom stereocenters. The number of para-hydroxylation sites is 1. The van der Waals surface area contributed by atoms with Gasteiger partial charge in [0, 0.05) is 18.1 Å². The first-order chi connectivity index (χ1) is 17.5. The van der Waals surface area contributed by atoms with Gasteiger partial charge < -0.3 is 14.8 Å². The van der Waals surface area contributed by atoms with Crippen LogP contribution in [0.4, 0.5) is 5.69 Å². The molecule has 8 heteroatoms. The molecule has 0 spiro atoms. The summed E-state index contributed by atoms with van der Waals surface area (Å²) in [5.41, 5.74) is 2.60. The molecule has 1 heterocycles. The SMILES string of the molecule is CCc1ccccc1N(CC(=O)NC1CC(C)(C)Oc2cc(OC)ccc21)S(=O)(=O)c1ccc(C)cc1. The van der Waals surface area contributed by atoms with E-state index in [0.717, 1.165) is 16.7 Å². The lowest BCUT2D eigenvalue weighted by atomic mass is 9.89. The topological polar surface area (TPSA) is 84.9 Å². The van der Waals surface area contributed by atoms with Crippen molar-refractivity contribution in [2.75, 3.05) is 18.0 Å². The van der Waals surface area contributed by atoms with Gasteiger partial charge in [0.05, 0.1) is 23.7 Å². The highest BCUT2D eigenvalue weighted by atomic mass is 32.2. The number of carbonyl (C=O) groups is 1. The Morgan fingerprint density at radius 2 is 1.81 bits per heavy atom. The van der Waals surface area contributed by atoms with Crippen molar-refractivity contribution in [3.05, 3.63) is 83.4 Å². The third-order valence-corrected chi connectivity index (χ3v) is 8.32. The number of ether oxygens (including phenoxy) is 2. The van der Waals surface area contributed by atoms with E-state index in [1.54, 1.807) is 49.6 Å². The van der Waals surface area contributed by atoms with E-state index in [1.165, 1.54) is 4.31 Å². The Morgan fingerprint density at radius 3 is 2.49 bits per heavy atom. The average Bonchev–Trinajstić information content (AvgIpc) is 2.86. The van der Waals surface area contributed by atoms with Gasteiger partial charge in [-0.15, -0.1) is 0 Å². The average molecular weight is 523 g/mol. The molecule has 0 aliphatic carbocycles. The minimum Gasteiger partial charge on any atom is -0.497 e. The highest BCUT2D eigenvalue weighted by molar-refractivity contribution is 7.92. The number of aryl methyl sites for hydroxylation is 2. The van der Waals surface area contributed by atoms with E-state index in [4.69, 9.17) is 9.47 Å². The number of nitrogens with zero attached hydrogens (tertiary/aromatic N) is 1. The summed E-state index contributed by atoms with van der Waals surface area (Å²) in [4.78, 5) is 13.6. The molecule has 3 aromatic rings. The van der Waals surface area contributed by atoms with Gasteiger partial charge in [-0.1, -0.05) is 42.8 Å². The summed E-state index contributed by atoms with van der Waals surface area (Å²) in [5, 5.41) is 3.07. The van der Waals surface area contributed by atoms with Crippen LogP contribution in [-0.4, -0.2) is 33.6 Å². The van der Waals surface area contributed by atoms with Crippen molar-refractivity contribution >= 4 is 21.6 Å². The van der Waals surface area contributed by atoms with Crippen LogP contribution in [-0.2, 0) is 21.2 Å². The highest BCUT2D eigenvalue weighted by Gasteiger charge is 2.36. The van der Waals surface area contributed by atoms with Gasteiger partial charge in [0.15, 0.2) is 0 Å². The third kappa shape index (κ3) is 5.74. The number of hydrogen-bond donors (Lipinski definition) is 1. The summed E-state index contributed by atoms with van der Waals surface area (Å²) < 4.78 is 40.3. The number of methoxy groups -OCH3 is 1. The number of amides is 1. The number of fused-ring (bicyclic) bond motifs is 1. The molecule has 0 saturated carbocycles. The molecule has 1 amide bonds. The zero-order valence-corrected chi connectivity index (χ0v) is 22.8. The fourth-order valence-corrected chi connectivity index (χ4v) is 6.11. The Bertz CT molecular complexity index is 1380. The van der Waals surface area contributed by atoms with E-state index < -0.39 is 21.5 Å².